The summed E-state index contributed by atoms with van der Waals surface area (Å²) >= 11 is 0. The van der Waals surface area contributed by atoms with E-state index >= 15 is 0 Å². The molecular formula is C23H26FN5O4S. The van der Waals surface area contributed by atoms with Crippen LogP contribution < -0.4 is 5.14 Å². The topological polar surface area (TPSA) is 113 Å². The summed E-state index contributed by atoms with van der Waals surface area (Å²) < 4.78 is 51.5. The van der Waals surface area contributed by atoms with E-state index in [0.29, 0.717) is 37.7 Å². The van der Waals surface area contributed by atoms with Gasteiger partial charge in [0.1, 0.15) is 29.5 Å². The normalized spacial score (nSPS) is 22.2. The first kappa shape index (κ1) is 23.1. The van der Waals surface area contributed by atoms with Crippen molar-refractivity contribution in [3.8, 4) is 5.69 Å². The number of nitrogens with zero attached hydrogens (tertiary/aromatic N) is 4. The van der Waals surface area contributed by atoms with Crippen LogP contribution in [-0.2, 0) is 32.5 Å². The highest BCUT2D eigenvalue weighted by Crippen LogP contribution is 2.33. The molecule has 2 aliphatic heterocycles. The quantitative estimate of drug-likeness (QED) is 0.566. The highest BCUT2D eigenvalue weighted by molar-refractivity contribution is 7.89. The zero-order chi connectivity index (χ0) is 24.1. The zero-order valence-corrected chi connectivity index (χ0v) is 19.7. The molecule has 1 aromatic heterocycles. The fraction of sp³-hybridized carbons (Fsp3) is 0.391. The van der Waals surface area contributed by atoms with Gasteiger partial charge in [-0.1, -0.05) is 30.3 Å². The number of benzene rings is 2. The first-order chi connectivity index (χ1) is 16.1. The van der Waals surface area contributed by atoms with Gasteiger partial charge >= 0.3 is 0 Å². The standard InChI is InChI=1S/C23H26FN5O4S/c1-23(2)32-19-12-28(13-20(19)33-23)14-21-26-22(10-15-6-4-3-5-7-15)29(27-21)18-9-8-16(11-17(18)24)34(25,30)31/h3-9,11,19-20H,10,12-14H2,1-2H3,(H2,25,30,31). The van der Waals surface area contributed by atoms with Crippen LogP contribution in [0.3, 0.4) is 0 Å². The van der Waals surface area contributed by atoms with Gasteiger partial charge in [0.25, 0.3) is 0 Å². The maximum Gasteiger partial charge on any atom is 0.238 e. The third-order valence-electron chi connectivity index (χ3n) is 5.93. The molecule has 3 aromatic rings. The summed E-state index contributed by atoms with van der Waals surface area (Å²) in [6, 6.07) is 13.2. The van der Waals surface area contributed by atoms with Crippen molar-refractivity contribution in [1.82, 2.24) is 19.7 Å². The van der Waals surface area contributed by atoms with E-state index in [4.69, 9.17) is 19.6 Å². The molecular weight excluding hydrogens is 461 g/mol. The van der Waals surface area contributed by atoms with E-state index in [0.717, 1.165) is 11.6 Å². The number of fused-ring (bicyclic) bond motifs is 1. The number of halogens is 1. The predicted molar refractivity (Wildman–Crippen MR) is 121 cm³/mol. The van der Waals surface area contributed by atoms with E-state index in [1.807, 2.05) is 44.2 Å². The first-order valence-electron chi connectivity index (χ1n) is 11.0. The maximum absolute atomic E-state index is 15.0. The Hall–Kier alpha value is -2.70. The van der Waals surface area contributed by atoms with Gasteiger partial charge in [0.15, 0.2) is 11.6 Å². The number of primary sulfonamides is 1. The van der Waals surface area contributed by atoms with Crippen molar-refractivity contribution in [2.24, 2.45) is 5.14 Å². The van der Waals surface area contributed by atoms with Gasteiger partial charge < -0.3 is 9.47 Å². The number of likely N-dealkylation sites (tertiary alicyclic amines) is 1. The third-order valence-corrected chi connectivity index (χ3v) is 6.84. The van der Waals surface area contributed by atoms with Crippen molar-refractivity contribution in [3.63, 3.8) is 0 Å². The van der Waals surface area contributed by atoms with Crippen LogP contribution in [0.5, 0.6) is 0 Å². The predicted octanol–water partition coefficient (Wildman–Crippen LogP) is 1.98. The second-order valence-electron chi connectivity index (χ2n) is 9.08. The molecule has 0 amide bonds. The third kappa shape index (κ3) is 4.75. The first-order valence-corrected chi connectivity index (χ1v) is 12.5. The molecule has 2 saturated heterocycles. The summed E-state index contributed by atoms with van der Waals surface area (Å²) in [6.45, 7) is 5.64. The molecule has 9 nitrogen and oxygen atoms in total. The molecule has 0 aliphatic carbocycles. The molecule has 2 unspecified atom stereocenters. The van der Waals surface area contributed by atoms with Gasteiger partial charge in [0, 0.05) is 19.5 Å². The van der Waals surface area contributed by atoms with Crippen molar-refractivity contribution in [2.45, 2.75) is 49.7 Å². The van der Waals surface area contributed by atoms with Gasteiger partial charge in [-0.3, -0.25) is 4.90 Å². The summed E-state index contributed by atoms with van der Waals surface area (Å²) in [5.74, 6) is -0.265. The Morgan fingerprint density at radius 2 is 1.79 bits per heavy atom. The van der Waals surface area contributed by atoms with Crippen LogP contribution in [0.4, 0.5) is 4.39 Å². The lowest BCUT2D eigenvalue weighted by Gasteiger charge is -2.21. The Kier molecular flexibility index (Phi) is 5.77. The lowest BCUT2D eigenvalue weighted by atomic mass is 10.1. The second kappa shape index (κ2) is 8.51. The minimum absolute atomic E-state index is 0.0101. The van der Waals surface area contributed by atoms with E-state index in [1.165, 1.54) is 16.8 Å². The number of hydrogen-bond donors (Lipinski definition) is 1. The highest BCUT2D eigenvalue weighted by atomic mass is 32.2. The summed E-state index contributed by atoms with van der Waals surface area (Å²) in [7, 11) is -4.03. The molecule has 5 rings (SSSR count). The van der Waals surface area contributed by atoms with Crippen molar-refractivity contribution >= 4 is 10.0 Å². The molecule has 11 heteroatoms. The van der Waals surface area contributed by atoms with Gasteiger partial charge in [-0.15, -0.1) is 5.10 Å². The molecule has 0 spiro atoms. The molecule has 34 heavy (non-hydrogen) atoms. The summed E-state index contributed by atoms with van der Waals surface area (Å²) in [6.07, 6.45) is 0.406. The average Bonchev–Trinajstić information content (AvgIpc) is 3.38. The fourth-order valence-corrected chi connectivity index (χ4v) is 5.04. The number of ether oxygens (including phenoxy) is 2. The van der Waals surface area contributed by atoms with E-state index in [2.05, 4.69) is 10.00 Å². The van der Waals surface area contributed by atoms with Gasteiger partial charge in [0.05, 0.1) is 11.4 Å². The number of nitrogens with two attached hydrogens (primary N) is 1. The van der Waals surface area contributed by atoms with Crippen molar-refractivity contribution in [1.29, 1.82) is 0 Å². The van der Waals surface area contributed by atoms with Crippen molar-refractivity contribution in [2.75, 3.05) is 13.1 Å². The van der Waals surface area contributed by atoms with Gasteiger partial charge in [-0.05, 0) is 37.6 Å². The van der Waals surface area contributed by atoms with E-state index in [9.17, 15) is 12.8 Å². The van der Waals surface area contributed by atoms with E-state index in [-0.39, 0.29) is 22.8 Å². The monoisotopic (exact) mass is 487 g/mol. The van der Waals surface area contributed by atoms with Gasteiger partial charge in [-0.2, -0.15) is 0 Å². The van der Waals surface area contributed by atoms with Crippen LogP contribution in [0.1, 0.15) is 31.1 Å². The molecule has 180 valence electrons. The molecule has 3 heterocycles. The summed E-state index contributed by atoms with van der Waals surface area (Å²) in [5.41, 5.74) is 1.09. The van der Waals surface area contributed by atoms with Crippen molar-refractivity contribution < 1.29 is 22.3 Å². The molecule has 2 fully saturated rings. The number of hydrogen-bond acceptors (Lipinski definition) is 7. The molecule has 0 saturated carbocycles. The molecule has 2 atom stereocenters. The van der Waals surface area contributed by atoms with Gasteiger partial charge in [-0.25, -0.2) is 27.6 Å². The summed E-state index contributed by atoms with van der Waals surface area (Å²) in [4.78, 5) is 6.55. The number of sulfonamides is 1. The largest absolute Gasteiger partial charge is 0.343 e. The molecule has 0 bridgehead atoms. The summed E-state index contributed by atoms with van der Waals surface area (Å²) in [5, 5.41) is 9.72. The zero-order valence-electron chi connectivity index (χ0n) is 18.9. The van der Waals surface area contributed by atoms with Crippen LogP contribution in [-0.4, -0.2) is 59.2 Å². The highest BCUT2D eigenvalue weighted by Gasteiger charge is 2.46. The van der Waals surface area contributed by atoms with E-state index in [1.54, 1.807) is 0 Å². The average molecular weight is 488 g/mol. The van der Waals surface area contributed by atoms with E-state index < -0.39 is 21.6 Å². The molecule has 0 radical (unpaired) electrons. The van der Waals surface area contributed by atoms with Crippen LogP contribution in [0.15, 0.2) is 53.4 Å². The number of rotatable bonds is 6. The van der Waals surface area contributed by atoms with Crippen molar-refractivity contribution in [3.05, 3.63) is 71.6 Å². The van der Waals surface area contributed by atoms with Crippen LogP contribution in [0.2, 0.25) is 0 Å². The SMILES string of the molecule is CC1(C)OC2CN(Cc3nc(Cc4ccccc4)n(-c4ccc(S(N)(=O)=O)cc4F)n3)CC2O1. The fourth-order valence-electron chi connectivity index (χ4n) is 4.51. The minimum atomic E-state index is -4.03. The Morgan fingerprint density at radius 3 is 2.41 bits per heavy atom. The Labute approximate surface area is 197 Å². The minimum Gasteiger partial charge on any atom is -0.343 e. The second-order valence-corrected chi connectivity index (χ2v) is 10.6. The Balaban J connectivity index is 1.44. The lowest BCUT2D eigenvalue weighted by Crippen LogP contribution is -2.30. The molecule has 2 N–H and O–H groups in total. The lowest BCUT2D eigenvalue weighted by molar-refractivity contribution is -0.155. The smallest absolute Gasteiger partial charge is 0.238 e. The number of aromatic nitrogens is 3. The maximum atomic E-state index is 15.0. The van der Waals surface area contributed by atoms with Crippen LogP contribution in [0.25, 0.3) is 5.69 Å². The Morgan fingerprint density at radius 1 is 1.12 bits per heavy atom. The van der Waals surface area contributed by atoms with Crippen LogP contribution in [0, 0.1) is 5.82 Å². The van der Waals surface area contributed by atoms with Gasteiger partial charge in [0.2, 0.25) is 10.0 Å². The molecule has 2 aliphatic rings. The Bertz CT molecular complexity index is 1300. The van der Waals surface area contributed by atoms with Crippen LogP contribution >= 0.6 is 0 Å². The molecule has 2 aromatic carbocycles.